The second-order valence-electron chi connectivity index (χ2n) is 3.49. The molecule has 100 valence electrons. The molecular weight excluding hydrogens is 248 g/mol. The van der Waals surface area contributed by atoms with Crippen LogP contribution in [-0.4, -0.2) is 27.2 Å². The minimum Gasteiger partial charge on any atom is -0.493 e. The van der Waals surface area contributed by atoms with Gasteiger partial charge in [-0.25, -0.2) is 0 Å². The van der Waals surface area contributed by atoms with Crippen molar-refractivity contribution < 1.29 is 19.0 Å². The fraction of sp³-hybridized carbons (Fsp3) is 0.231. The number of amides is 1. The summed E-state index contributed by atoms with van der Waals surface area (Å²) in [6.45, 7) is 0. The number of nitrogens with zero attached hydrogens (tertiary/aromatic N) is 1. The van der Waals surface area contributed by atoms with Gasteiger partial charge in [0.1, 0.15) is 11.6 Å². The van der Waals surface area contributed by atoms with Gasteiger partial charge in [0, 0.05) is 0 Å². The van der Waals surface area contributed by atoms with Crippen LogP contribution in [0.25, 0.3) is 6.08 Å². The fourth-order valence-corrected chi connectivity index (χ4v) is 1.51. The van der Waals surface area contributed by atoms with Gasteiger partial charge in [-0.15, -0.1) is 0 Å². The summed E-state index contributed by atoms with van der Waals surface area (Å²) < 4.78 is 15.5. The number of benzene rings is 1. The van der Waals surface area contributed by atoms with E-state index in [4.69, 9.17) is 25.2 Å². The summed E-state index contributed by atoms with van der Waals surface area (Å²) in [5.74, 6) is 0.487. The lowest BCUT2D eigenvalue weighted by Crippen LogP contribution is -2.12. The van der Waals surface area contributed by atoms with Crippen LogP contribution < -0.4 is 19.9 Å². The Bertz CT molecular complexity index is 533. The van der Waals surface area contributed by atoms with Crippen molar-refractivity contribution in [2.75, 3.05) is 21.3 Å². The van der Waals surface area contributed by atoms with Gasteiger partial charge >= 0.3 is 0 Å². The molecule has 19 heavy (non-hydrogen) atoms. The van der Waals surface area contributed by atoms with E-state index in [2.05, 4.69) is 0 Å². The van der Waals surface area contributed by atoms with Crippen molar-refractivity contribution in [2.45, 2.75) is 0 Å². The van der Waals surface area contributed by atoms with Gasteiger partial charge in [-0.1, -0.05) is 0 Å². The summed E-state index contributed by atoms with van der Waals surface area (Å²) in [6, 6.07) is 4.95. The lowest BCUT2D eigenvalue weighted by molar-refractivity contribution is -0.114. The Labute approximate surface area is 111 Å². The zero-order chi connectivity index (χ0) is 14.4. The van der Waals surface area contributed by atoms with Crippen molar-refractivity contribution in [1.82, 2.24) is 0 Å². The molecule has 6 nitrogen and oxygen atoms in total. The molecule has 0 radical (unpaired) electrons. The quantitative estimate of drug-likeness (QED) is 0.633. The van der Waals surface area contributed by atoms with Gasteiger partial charge in [0.05, 0.1) is 21.3 Å². The van der Waals surface area contributed by atoms with Gasteiger partial charge in [-0.3, -0.25) is 4.79 Å². The predicted molar refractivity (Wildman–Crippen MR) is 68.9 cm³/mol. The molecule has 1 rings (SSSR count). The van der Waals surface area contributed by atoms with Crippen molar-refractivity contribution in [1.29, 1.82) is 5.26 Å². The van der Waals surface area contributed by atoms with E-state index < -0.39 is 5.91 Å². The van der Waals surface area contributed by atoms with E-state index in [1.807, 2.05) is 0 Å². The van der Waals surface area contributed by atoms with Crippen LogP contribution in [0, 0.1) is 11.3 Å². The molecule has 0 spiro atoms. The number of hydrogen-bond acceptors (Lipinski definition) is 5. The Kier molecular flexibility index (Phi) is 4.77. The second-order valence-corrected chi connectivity index (χ2v) is 3.49. The Morgan fingerprint density at radius 1 is 1.21 bits per heavy atom. The number of primary amides is 1. The molecule has 0 aliphatic rings. The molecule has 1 aromatic carbocycles. The number of nitrogens with two attached hydrogens (primary N) is 1. The Morgan fingerprint density at radius 3 is 2.05 bits per heavy atom. The smallest absolute Gasteiger partial charge is 0.259 e. The molecule has 0 bridgehead atoms. The maximum absolute atomic E-state index is 11.0. The molecular formula is C13H14N2O4. The Morgan fingerprint density at radius 2 is 1.74 bits per heavy atom. The molecule has 0 saturated carbocycles. The standard InChI is InChI=1S/C13H14N2O4/c1-17-10-5-8(4-9(7-14)13(15)16)6-11(18-2)12(10)19-3/h4-6H,1-3H3,(H2,15,16). The average Bonchev–Trinajstić information content (AvgIpc) is 2.42. The van der Waals surface area contributed by atoms with Gasteiger partial charge in [-0.2, -0.15) is 5.26 Å². The highest BCUT2D eigenvalue weighted by Crippen LogP contribution is 2.38. The summed E-state index contributed by atoms with van der Waals surface area (Å²) in [6.07, 6.45) is 1.35. The summed E-state index contributed by atoms with van der Waals surface area (Å²) in [4.78, 5) is 11.0. The SMILES string of the molecule is COc1cc(C=C(C#N)C(N)=O)cc(OC)c1OC. The molecule has 0 heterocycles. The van der Waals surface area contributed by atoms with Crippen LogP contribution in [0.4, 0.5) is 0 Å². The van der Waals surface area contributed by atoms with E-state index in [0.717, 1.165) is 0 Å². The predicted octanol–water partition coefficient (Wildman–Crippen LogP) is 1.10. The molecule has 0 fully saturated rings. The number of nitriles is 1. The van der Waals surface area contributed by atoms with Crippen LogP contribution in [0.2, 0.25) is 0 Å². The number of carbonyl (C=O) groups is 1. The zero-order valence-electron chi connectivity index (χ0n) is 10.9. The second kappa shape index (κ2) is 6.31. The first-order chi connectivity index (χ1) is 9.07. The first-order valence-corrected chi connectivity index (χ1v) is 5.29. The van der Waals surface area contributed by atoms with E-state index in [-0.39, 0.29) is 5.57 Å². The number of rotatable bonds is 5. The molecule has 0 aliphatic heterocycles. The van der Waals surface area contributed by atoms with Gasteiger partial charge in [0.2, 0.25) is 5.75 Å². The highest BCUT2D eigenvalue weighted by Gasteiger charge is 2.13. The first-order valence-electron chi connectivity index (χ1n) is 5.29. The third kappa shape index (κ3) is 3.16. The molecule has 0 unspecified atom stereocenters. The fourth-order valence-electron chi connectivity index (χ4n) is 1.51. The summed E-state index contributed by atoms with van der Waals surface area (Å²) in [7, 11) is 4.44. The van der Waals surface area contributed by atoms with Gasteiger partial charge in [-0.05, 0) is 23.8 Å². The Balaban J connectivity index is 3.39. The van der Waals surface area contributed by atoms with Crippen LogP contribution in [0.15, 0.2) is 17.7 Å². The molecule has 6 heteroatoms. The van der Waals surface area contributed by atoms with E-state index >= 15 is 0 Å². The molecule has 1 aromatic rings. The summed E-state index contributed by atoms with van der Waals surface area (Å²) in [5, 5.41) is 8.81. The largest absolute Gasteiger partial charge is 0.493 e. The third-order valence-corrected chi connectivity index (χ3v) is 2.38. The number of carbonyl (C=O) groups excluding carboxylic acids is 1. The average molecular weight is 262 g/mol. The monoisotopic (exact) mass is 262 g/mol. The van der Waals surface area contributed by atoms with Crippen molar-refractivity contribution in [3.05, 3.63) is 23.3 Å². The Hall–Kier alpha value is -2.68. The number of hydrogen-bond donors (Lipinski definition) is 1. The third-order valence-electron chi connectivity index (χ3n) is 2.38. The minimum absolute atomic E-state index is 0.158. The first kappa shape index (κ1) is 14.4. The van der Waals surface area contributed by atoms with Gasteiger partial charge in [0.25, 0.3) is 5.91 Å². The van der Waals surface area contributed by atoms with Crippen LogP contribution in [0.3, 0.4) is 0 Å². The number of ether oxygens (including phenoxy) is 3. The highest BCUT2D eigenvalue weighted by molar-refractivity contribution is 6.00. The topological polar surface area (TPSA) is 94.6 Å². The normalized spacial score (nSPS) is 10.5. The van der Waals surface area contributed by atoms with Gasteiger partial charge in [0.15, 0.2) is 11.5 Å². The zero-order valence-corrected chi connectivity index (χ0v) is 10.9. The summed E-state index contributed by atoms with van der Waals surface area (Å²) in [5.41, 5.74) is 5.46. The number of methoxy groups -OCH3 is 3. The molecule has 0 aromatic heterocycles. The van der Waals surface area contributed by atoms with E-state index in [0.29, 0.717) is 22.8 Å². The maximum Gasteiger partial charge on any atom is 0.259 e. The van der Waals surface area contributed by atoms with Crippen molar-refractivity contribution in [2.24, 2.45) is 5.73 Å². The molecule has 0 aliphatic carbocycles. The highest BCUT2D eigenvalue weighted by atomic mass is 16.5. The van der Waals surface area contributed by atoms with Crippen molar-refractivity contribution in [3.8, 4) is 23.3 Å². The van der Waals surface area contributed by atoms with Crippen LogP contribution >= 0.6 is 0 Å². The maximum atomic E-state index is 11.0. The van der Waals surface area contributed by atoms with E-state index in [9.17, 15) is 4.79 Å². The molecule has 1 amide bonds. The minimum atomic E-state index is -0.795. The van der Waals surface area contributed by atoms with Gasteiger partial charge < -0.3 is 19.9 Å². The summed E-state index contributed by atoms with van der Waals surface area (Å²) >= 11 is 0. The lowest BCUT2D eigenvalue weighted by Gasteiger charge is -2.12. The lowest BCUT2D eigenvalue weighted by atomic mass is 10.1. The molecule has 0 saturated heterocycles. The molecule has 2 N–H and O–H groups in total. The molecule has 0 atom stereocenters. The van der Waals surface area contributed by atoms with E-state index in [1.165, 1.54) is 27.4 Å². The van der Waals surface area contributed by atoms with E-state index in [1.54, 1.807) is 18.2 Å². The van der Waals surface area contributed by atoms with Crippen LogP contribution in [0.1, 0.15) is 5.56 Å². The van der Waals surface area contributed by atoms with Crippen molar-refractivity contribution in [3.63, 3.8) is 0 Å². The van der Waals surface area contributed by atoms with Crippen molar-refractivity contribution >= 4 is 12.0 Å². The van der Waals surface area contributed by atoms with Crippen LogP contribution in [-0.2, 0) is 4.79 Å². The van der Waals surface area contributed by atoms with Crippen LogP contribution in [0.5, 0.6) is 17.2 Å².